The molecule has 9 aromatic rings. The number of hydrogen-bond acceptors (Lipinski definition) is 0. The molecule has 278 valence electrons. The van der Waals surface area contributed by atoms with Crippen molar-refractivity contribution >= 4 is 61.4 Å². The van der Waals surface area contributed by atoms with Crippen molar-refractivity contribution in [2.24, 2.45) is 0 Å². The number of benzene rings is 7. The molecule has 11 rings (SSSR count). The van der Waals surface area contributed by atoms with Crippen molar-refractivity contribution in [3.63, 3.8) is 0 Å². The summed E-state index contributed by atoms with van der Waals surface area (Å²) in [5.41, 5.74) is 25.3. The monoisotopic (exact) mass is 736 g/mol. The van der Waals surface area contributed by atoms with Crippen LogP contribution in [-0.2, 0) is 10.8 Å². The molecule has 2 nitrogen and oxygen atoms in total. The summed E-state index contributed by atoms with van der Waals surface area (Å²) in [5.74, 6) is 0. The Morgan fingerprint density at radius 1 is 0.456 bits per heavy atom. The standard InChI is InChI=1S/C54H49BN2/c1-30-14-11-15-31(2)48(30)34-20-22-46-39(24-34)42-26-35(49-32(3)16-12-17-33(49)4)25-41-38-18-13-19-47-50(38)55(57(46)51(41)42)44-29-37(54(8,9)10)28-43-40-27-36(53(5,6)7)21-23-45(40)56(47)52(43)44/h11-29H,1-10H3. The van der Waals surface area contributed by atoms with Crippen LogP contribution in [0.3, 0.4) is 0 Å². The van der Waals surface area contributed by atoms with Gasteiger partial charge in [0.25, 0.3) is 0 Å². The summed E-state index contributed by atoms with van der Waals surface area (Å²) in [4.78, 5) is 0. The molecule has 0 unspecified atom stereocenters. The zero-order chi connectivity index (χ0) is 39.4. The Morgan fingerprint density at radius 2 is 1.02 bits per heavy atom. The van der Waals surface area contributed by atoms with Gasteiger partial charge in [0, 0.05) is 43.8 Å². The van der Waals surface area contributed by atoms with Crippen molar-refractivity contribution in [1.29, 1.82) is 0 Å². The van der Waals surface area contributed by atoms with Crippen LogP contribution in [0.5, 0.6) is 0 Å². The van der Waals surface area contributed by atoms with Gasteiger partial charge in [0.1, 0.15) is 0 Å². The third-order valence-corrected chi connectivity index (χ3v) is 13.5. The summed E-state index contributed by atoms with van der Waals surface area (Å²) in [7, 11) is 0. The van der Waals surface area contributed by atoms with Crippen molar-refractivity contribution in [2.75, 3.05) is 0 Å². The molecule has 0 fully saturated rings. The summed E-state index contributed by atoms with van der Waals surface area (Å²) in [6.07, 6.45) is 0. The van der Waals surface area contributed by atoms with E-state index in [1.54, 1.807) is 0 Å². The van der Waals surface area contributed by atoms with Crippen molar-refractivity contribution < 1.29 is 0 Å². The SMILES string of the molecule is Cc1cccc(C)c1-c1ccc2c(c1)c1cc(-c3c(C)cccc3C)cc3c1n2B1c2c-3cccc2-n2c3ccc(C(C)(C)C)cc3c3cc(C(C)(C)C)cc1c32. The molecule has 0 radical (unpaired) electrons. The van der Waals surface area contributed by atoms with Gasteiger partial charge in [-0.25, -0.2) is 0 Å². The molecule has 0 saturated carbocycles. The van der Waals surface area contributed by atoms with Gasteiger partial charge in [-0.3, -0.25) is 0 Å². The lowest BCUT2D eigenvalue weighted by Gasteiger charge is -2.35. The number of aromatic nitrogens is 2. The van der Waals surface area contributed by atoms with E-state index in [4.69, 9.17) is 0 Å². The lowest BCUT2D eigenvalue weighted by molar-refractivity contribution is 0.590. The van der Waals surface area contributed by atoms with Gasteiger partial charge in [-0.15, -0.1) is 0 Å². The van der Waals surface area contributed by atoms with Crippen LogP contribution >= 0.6 is 0 Å². The summed E-state index contributed by atoms with van der Waals surface area (Å²) in [5, 5.41) is 5.35. The lowest BCUT2D eigenvalue weighted by Crippen LogP contribution is -2.55. The van der Waals surface area contributed by atoms with Crippen LogP contribution in [-0.4, -0.2) is 15.9 Å². The molecule has 2 aliphatic rings. The second-order valence-corrected chi connectivity index (χ2v) is 19.2. The van der Waals surface area contributed by atoms with E-state index in [0.717, 1.165) is 0 Å². The zero-order valence-corrected chi connectivity index (χ0v) is 34.9. The zero-order valence-electron chi connectivity index (χ0n) is 34.9. The van der Waals surface area contributed by atoms with E-state index in [2.05, 4.69) is 194 Å². The second-order valence-electron chi connectivity index (χ2n) is 19.2. The average molecular weight is 737 g/mol. The second kappa shape index (κ2) is 11.4. The third-order valence-electron chi connectivity index (χ3n) is 13.5. The maximum absolute atomic E-state index is 2.73. The largest absolute Gasteiger partial charge is 0.375 e. The first kappa shape index (κ1) is 34.5. The molecule has 0 aliphatic carbocycles. The number of aryl methyl sites for hydroxylation is 4. The minimum Gasteiger partial charge on any atom is -0.375 e. The first-order valence-electron chi connectivity index (χ1n) is 20.7. The minimum absolute atomic E-state index is 0.0180. The van der Waals surface area contributed by atoms with Crippen LogP contribution in [0.4, 0.5) is 0 Å². The molecule has 0 amide bonds. The van der Waals surface area contributed by atoms with E-state index in [0.29, 0.717) is 0 Å². The van der Waals surface area contributed by atoms with Gasteiger partial charge in [-0.2, -0.15) is 0 Å². The molecule has 0 bridgehead atoms. The fourth-order valence-corrected chi connectivity index (χ4v) is 10.7. The van der Waals surface area contributed by atoms with Crippen molar-refractivity contribution in [2.45, 2.75) is 80.1 Å². The third kappa shape index (κ3) is 4.66. The fourth-order valence-electron chi connectivity index (χ4n) is 10.7. The number of nitrogens with zero attached hydrogens (tertiary/aromatic N) is 2. The Balaban J connectivity index is 1.33. The van der Waals surface area contributed by atoms with E-state index in [-0.39, 0.29) is 17.7 Å². The number of hydrogen-bond donors (Lipinski definition) is 0. The van der Waals surface area contributed by atoms with E-state index < -0.39 is 0 Å². The topological polar surface area (TPSA) is 9.86 Å². The average Bonchev–Trinajstić information content (AvgIpc) is 3.67. The van der Waals surface area contributed by atoms with Crippen LogP contribution in [0.2, 0.25) is 0 Å². The highest BCUT2D eigenvalue weighted by Gasteiger charge is 2.42. The smallest absolute Gasteiger partial charge is 0.333 e. The van der Waals surface area contributed by atoms with Gasteiger partial charge in [0.15, 0.2) is 0 Å². The summed E-state index contributed by atoms with van der Waals surface area (Å²) >= 11 is 0. The first-order valence-corrected chi connectivity index (χ1v) is 20.7. The Hall–Kier alpha value is -5.80. The predicted octanol–water partition coefficient (Wildman–Crippen LogP) is 13.0. The molecule has 4 heterocycles. The molecule has 0 atom stereocenters. The summed E-state index contributed by atoms with van der Waals surface area (Å²) < 4.78 is 5.34. The molecular formula is C54H49BN2. The highest BCUT2D eigenvalue weighted by atomic mass is 15.0. The molecule has 0 N–H and O–H groups in total. The van der Waals surface area contributed by atoms with Crippen LogP contribution in [0.25, 0.3) is 82.7 Å². The molecule has 2 aliphatic heterocycles. The number of rotatable bonds is 2. The Kier molecular flexibility index (Phi) is 6.90. The fraction of sp³-hybridized carbons (Fsp3) is 0.222. The highest BCUT2D eigenvalue weighted by Crippen LogP contribution is 2.47. The predicted molar refractivity (Wildman–Crippen MR) is 247 cm³/mol. The Bertz CT molecular complexity index is 3200. The Morgan fingerprint density at radius 3 is 1.68 bits per heavy atom. The van der Waals surface area contributed by atoms with Crippen LogP contribution < -0.4 is 10.9 Å². The van der Waals surface area contributed by atoms with Gasteiger partial charge in [-0.1, -0.05) is 108 Å². The van der Waals surface area contributed by atoms with Crippen LogP contribution in [0.1, 0.15) is 74.9 Å². The highest BCUT2D eigenvalue weighted by molar-refractivity contribution is 6.90. The quantitative estimate of drug-likeness (QED) is 0.156. The van der Waals surface area contributed by atoms with Crippen molar-refractivity contribution in [3.05, 3.63) is 149 Å². The van der Waals surface area contributed by atoms with Crippen LogP contribution in [0, 0.1) is 27.7 Å². The maximum atomic E-state index is 2.73. The molecule has 57 heavy (non-hydrogen) atoms. The first-order chi connectivity index (χ1) is 27.2. The van der Waals surface area contributed by atoms with Gasteiger partial charge in [-0.05, 0) is 159 Å². The molecular weight excluding hydrogens is 687 g/mol. The summed E-state index contributed by atoms with van der Waals surface area (Å²) in [6, 6.07) is 45.1. The molecule has 0 saturated heterocycles. The summed E-state index contributed by atoms with van der Waals surface area (Å²) in [6.45, 7) is 23.1. The van der Waals surface area contributed by atoms with Gasteiger partial charge >= 0.3 is 6.85 Å². The molecule has 7 aromatic carbocycles. The molecule has 2 aromatic heterocycles. The number of fused-ring (bicyclic) bond motifs is 10. The molecule has 3 heteroatoms. The Labute approximate surface area is 336 Å². The van der Waals surface area contributed by atoms with Crippen molar-refractivity contribution in [1.82, 2.24) is 9.05 Å². The van der Waals surface area contributed by atoms with E-state index in [1.165, 1.54) is 127 Å². The molecule has 0 spiro atoms. The maximum Gasteiger partial charge on any atom is 0.333 e. The normalized spacial score (nSPS) is 13.4. The van der Waals surface area contributed by atoms with Gasteiger partial charge in [0.05, 0.1) is 11.0 Å². The van der Waals surface area contributed by atoms with Crippen molar-refractivity contribution in [3.8, 4) is 39.1 Å². The van der Waals surface area contributed by atoms with E-state index in [9.17, 15) is 0 Å². The minimum atomic E-state index is -0.0260. The lowest BCUT2D eigenvalue weighted by atomic mass is 9.45. The van der Waals surface area contributed by atoms with Gasteiger partial charge in [0.2, 0.25) is 0 Å². The van der Waals surface area contributed by atoms with Crippen LogP contribution in [0.15, 0.2) is 115 Å². The van der Waals surface area contributed by atoms with Gasteiger partial charge < -0.3 is 9.05 Å². The van der Waals surface area contributed by atoms with E-state index in [1.807, 2.05) is 0 Å². The van der Waals surface area contributed by atoms with E-state index >= 15 is 0 Å².